The van der Waals surface area contributed by atoms with Crippen LogP contribution in [0, 0.1) is 12.7 Å². The second kappa shape index (κ2) is 5.31. The average Bonchev–Trinajstić information content (AvgIpc) is 2.82. The Morgan fingerprint density at radius 1 is 1.40 bits per heavy atom. The lowest BCUT2D eigenvalue weighted by molar-refractivity contribution is 0.185. The van der Waals surface area contributed by atoms with E-state index < -0.39 is 26.3 Å². The summed E-state index contributed by atoms with van der Waals surface area (Å²) in [6.07, 6.45) is 2.76. The number of aliphatic hydroxyl groups is 1. The van der Waals surface area contributed by atoms with E-state index in [9.17, 15) is 17.9 Å². The highest BCUT2D eigenvalue weighted by Gasteiger charge is 2.38. The molecule has 0 atom stereocenters. The number of nitrogens with one attached hydrogen (secondary N) is 1. The van der Waals surface area contributed by atoms with Crippen molar-refractivity contribution in [3.63, 3.8) is 0 Å². The first kappa shape index (κ1) is 15.2. The molecule has 5 nitrogen and oxygen atoms in total. The van der Waals surface area contributed by atoms with Crippen molar-refractivity contribution in [3.05, 3.63) is 23.5 Å². The molecular weight excluding hydrogens is 283 g/mol. The second-order valence-electron chi connectivity index (χ2n) is 5.40. The first-order chi connectivity index (χ1) is 9.30. The summed E-state index contributed by atoms with van der Waals surface area (Å²) in [7, 11) is -4.05. The number of benzene rings is 1. The van der Waals surface area contributed by atoms with Crippen LogP contribution in [0.3, 0.4) is 0 Å². The van der Waals surface area contributed by atoms with Crippen molar-refractivity contribution in [2.24, 2.45) is 0 Å². The van der Waals surface area contributed by atoms with Crippen molar-refractivity contribution in [1.82, 2.24) is 4.72 Å². The van der Waals surface area contributed by atoms with E-state index in [1.54, 1.807) is 0 Å². The van der Waals surface area contributed by atoms with Gasteiger partial charge in [0, 0.05) is 5.69 Å². The number of hydrogen-bond acceptors (Lipinski definition) is 4. The molecule has 1 aliphatic rings. The number of anilines is 1. The Hall–Kier alpha value is -1.18. The number of halogens is 1. The molecule has 0 radical (unpaired) electrons. The highest BCUT2D eigenvalue weighted by Crippen LogP contribution is 2.32. The van der Waals surface area contributed by atoms with E-state index in [-0.39, 0.29) is 17.9 Å². The number of hydrogen-bond donors (Lipinski definition) is 3. The van der Waals surface area contributed by atoms with Crippen molar-refractivity contribution >= 4 is 15.7 Å². The molecule has 1 aromatic carbocycles. The third-order valence-electron chi connectivity index (χ3n) is 3.75. The van der Waals surface area contributed by atoms with Crippen LogP contribution >= 0.6 is 0 Å². The summed E-state index contributed by atoms with van der Waals surface area (Å²) in [5.74, 6) is -0.808. The minimum Gasteiger partial charge on any atom is -0.399 e. The summed E-state index contributed by atoms with van der Waals surface area (Å²) in [6, 6.07) is 2.48. The minimum absolute atomic E-state index is 0.176. The molecule has 0 spiro atoms. The standard InChI is InChI=1S/C13H19FN2O3S/c1-9-6-10(15)7-11(12(9)14)20(18,19)16-13(8-17)4-2-3-5-13/h6-7,16-17H,2-5,8,15H2,1H3. The number of rotatable bonds is 4. The summed E-state index contributed by atoms with van der Waals surface area (Å²) < 4.78 is 41.2. The fourth-order valence-corrected chi connectivity index (χ4v) is 4.28. The first-order valence-electron chi connectivity index (χ1n) is 6.50. The highest BCUT2D eigenvalue weighted by atomic mass is 32.2. The number of nitrogens with two attached hydrogens (primary N) is 1. The van der Waals surface area contributed by atoms with Gasteiger partial charge in [-0.3, -0.25) is 0 Å². The van der Waals surface area contributed by atoms with Crippen LogP contribution in [0.4, 0.5) is 10.1 Å². The molecule has 4 N–H and O–H groups in total. The molecule has 0 unspecified atom stereocenters. The maximum absolute atomic E-state index is 14.0. The number of aliphatic hydroxyl groups excluding tert-OH is 1. The van der Waals surface area contributed by atoms with E-state index in [1.807, 2.05) is 0 Å². The van der Waals surface area contributed by atoms with Gasteiger partial charge in [-0.25, -0.2) is 17.5 Å². The maximum atomic E-state index is 14.0. The zero-order chi connectivity index (χ0) is 15.0. The van der Waals surface area contributed by atoms with E-state index in [0.717, 1.165) is 18.9 Å². The molecule has 1 aliphatic carbocycles. The molecule has 112 valence electrons. The van der Waals surface area contributed by atoms with E-state index in [4.69, 9.17) is 5.73 Å². The van der Waals surface area contributed by atoms with Gasteiger partial charge in [-0.1, -0.05) is 12.8 Å². The third-order valence-corrected chi connectivity index (χ3v) is 5.33. The van der Waals surface area contributed by atoms with Gasteiger partial charge in [0.05, 0.1) is 12.1 Å². The van der Waals surface area contributed by atoms with Crippen LogP contribution in [0.25, 0.3) is 0 Å². The van der Waals surface area contributed by atoms with Crippen LogP contribution < -0.4 is 10.5 Å². The number of nitrogen functional groups attached to an aromatic ring is 1. The van der Waals surface area contributed by atoms with Gasteiger partial charge in [-0.15, -0.1) is 0 Å². The van der Waals surface area contributed by atoms with Crippen LogP contribution in [0.1, 0.15) is 31.2 Å². The normalized spacial score (nSPS) is 18.4. The topological polar surface area (TPSA) is 92.4 Å². The molecule has 2 rings (SSSR count). The van der Waals surface area contributed by atoms with E-state index >= 15 is 0 Å². The van der Waals surface area contributed by atoms with E-state index in [0.29, 0.717) is 12.8 Å². The van der Waals surface area contributed by atoms with Gasteiger partial charge in [0.1, 0.15) is 10.7 Å². The average molecular weight is 302 g/mol. The SMILES string of the molecule is Cc1cc(N)cc(S(=O)(=O)NC2(CO)CCCC2)c1F. The highest BCUT2D eigenvalue weighted by molar-refractivity contribution is 7.89. The zero-order valence-electron chi connectivity index (χ0n) is 11.3. The van der Waals surface area contributed by atoms with Crippen molar-refractivity contribution in [3.8, 4) is 0 Å². The second-order valence-corrected chi connectivity index (χ2v) is 7.05. The van der Waals surface area contributed by atoms with E-state index in [1.165, 1.54) is 13.0 Å². The largest absolute Gasteiger partial charge is 0.399 e. The smallest absolute Gasteiger partial charge is 0.244 e. The summed E-state index contributed by atoms with van der Waals surface area (Å²) in [5, 5.41) is 9.46. The quantitative estimate of drug-likeness (QED) is 0.731. The molecule has 7 heteroatoms. The minimum atomic E-state index is -4.05. The van der Waals surface area contributed by atoms with Gasteiger partial charge in [-0.05, 0) is 37.5 Å². The molecule has 0 aromatic heterocycles. The van der Waals surface area contributed by atoms with Crippen LogP contribution in [0.2, 0.25) is 0 Å². The maximum Gasteiger partial charge on any atom is 0.244 e. The Morgan fingerprint density at radius 2 is 2.00 bits per heavy atom. The molecular formula is C13H19FN2O3S. The van der Waals surface area contributed by atoms with Crippen molar-refractivity contribution in [2.75, 3.05) is 12.3 Å². The lowest BCUT2D eigenvalue weighted by atomic mass is 10.0. The monoisotopic (exact) mass is 302 g/mol. The van der Waals surface area contributed by atoms with Gasteiger partial charge in [0.25, 0.3) is 0 Å². The summed E-state index contributed by atoms with van der Waals surface area (Å²) in [5.41, 5.74) is 5.07. The lowest BCUT2D eigenvalue weighted by Gasteiger charge is -2.27. The lowest BCUT2D eigenvalue weighted by Crippen LogP contribution is -2.49. The van der Waals surface area contributed by atoms with Crippen LogP contribution in [-0.2, 0) is 10.0 Å². The van der Waals surface area contributed by atoms with Crippen LogP contribution in [0.15, 0.2) is 17.0 Å². The van der Waals surface area contributed by atoms with Crippen LogP contribution in [-0.4, -0.2) is 25.7 Å². The number of aryl methyl sites for hydroxylation is 1. The fraction of sp³-hybridized carbons (Fsp3) is 0.538. The molecule has 0 saturated heterocycles. The Balaban J connectivity index is 2.41. The predicted molar refractivity (Wildman–Crippen MR) is 74.2 cm³/mol. The summed E-state index contributed by atoms with van der Waals surface area (Å²) in [6.45, 7) is 1.16. The Labute approximate surface area is 118 Å². The zero-order valence-corrected chi connectivity index (χ0v) is 12.1. The number of sulfonamides is 1. The Bertz CT molecular complexity index is 610. The van der Waals surface area contributed by atoms with Crippen molar-refractivity contribution in [2.45, 2.75) is 43.0 Å². The first-order valence-corrected chi connectivity index (χ1v) is 7.98. The molecule has 0 bridgehead atoms. The molecule has 1 aromatic rings. The molecule has 0 aliphatic heterocycles. The summed E-state index contributed by atoms with van der Waals surface area (Å²) >= 11 is 0. The van der Waals surface area contributed by atoms with E-state index in [2.05, 4.69) is 4.72 Å². The van der Waals surface area contributed by atoms with Gasteiger partial charge in [0.2, 0.25) is 10.0 Å². The molecule has 1 saturated carbocycles. The fourth-order valence-electron chi connectivity index (χ4n) is 2.64. The van der Waals surface area contributed by atoms with Crippen molar-refractivity contribution in [1.29, 1.82) is 0 Å². The molecule has 0 heterocycles. The van der Waals surface area contributed by atoms with Gasteiger partial charge in [-0.2, -0.15) is 0 Å². The van der Waals surface area contributed by atoms with Crippen LogP contribution in [0.5, 0.6) is 0 Å². The molecule has 20 heavy (non-hydrogen) atoms. The summed E-state index contributed by atoms with van der Waals surface area (Å²) in [4.78, 5) is -0.463. The van der Waals surface area contributed by atoms with Gasteiger partial charge < -0.3 is 10.8 Å². The van der Waals surface area contributed by atoms with Gasteiger partial charge >= 0.3 is 0 Å². The predicted octanol–water partition coefficient (Wildman–Crippen LogP) is 1.30. The van der Waals surface area contributed by atoms with Crippen molar-refractivity contribution < 1.29 is 17.9 Å². The Kier molecular flexibility index (Phi) is 4.04. The van der Waals surface area contributed by atoms with Gasteiger partial charge in [0.15, 0.2) is 0 Å². The Morgan fingerprint density at radius 3 is 2.55 bits per heavy atom. The molecule has 0 amide bonds. The third kappa shape index (κ3) is 2.79. The molecule has 1 fully saturated rings.